The number of aromatic hydroxyl groups is 3. The summed E-state index contributed by atoms with van der Waals surface area (Å²) in [4.78, 5) is 34.3. The van der Waals surface area contributed by atoms with E-state index in [-0.39, 0.29) is 51.7 Å². The van der Waals surface area contributed by atoms with Crippen LogP contribution in [0, 0.1) is 0 Å². The molecule has 12 heteroatoms. The molecule has 0 aliphatic carbocycles. The number of rotatable bonds is 20. The highest BCUT2D eigenvalue weighted by atomic mass is 16.4. The highest BCUT2D eigenvalue weighted by Gasteiger charge is 2.23. The number of carboxylic acids is 3. The SMILES string of the molecule is CCC(CC(CC(C)c1ccc(CNc2ccc(O)c(C(=O)O)c2)cc1)c1ccc(CNc2ccc(C(=O)O)c(O)c2)cc1)c1ccc(CNc2cccc(C(=O)O)c2O)cc1. The lowest BCUT2D eigenvalue weighted by Crippen LogP contribution is -2.11. The van der Waals surface area contributed by atoms with Crippen LogP contribution in [0.25, 0.3) is 0 Å². The first-order chi connectivity index (χ1) is 29.8. The summed E-state index contributed by atoms with van der Waals surface area (Å²) >= 11 is 0. The van der Waals surface area contributed by atoms with Gasteiger partial charge in [-0.05, 0) is 113 Å². The van der Waals surface area contributed by atoms with E-state index >= 15 is 0 Å². The van der Waals surface area contributed by atoms with Crippen LogP contribution in [0.5, 0.6) is 17.2 Å². The smallest absolute Gasteiger partial charge is 0.339 e. The van der Waals surface area contributed by atoms with Gasteiger partial charge in [0.25, 0.3) is 0 Å². The molecular formula is C50H51N3O9. The molecule has 0 heterocycles. The Morgan fingerprint density at radius 2 is 1.00 bits per heavy atom. The van der Waals surface area contributed by atoms with Crippen LogP contribution in [0.4, 0.5) is 17.1 Å². The van der Waals surface area contributed by atoms with E-state index in [1.807, 2.05) is 0 Å². The first-order valence-corrected chi connectivity index (χ1v) is 20.5. The van der Waals surface area contributed by atoms with E-state index in [1.54, 1.807) is 24.3 Å². The van der Waals surface area contributed by atoms with Crippen molar-refractivity contribution in [2.75, 3.05) is 16.0 Å². The molecule has 0 aliphatic rings. The molecule has 62 heavy (non-hydrogen) atoms. The van der Waals surface area contributed by atoms with E-state index in [1.165, 1.54) is 47.0 Å². The maximum atomic E-state index is 11.5. The Morgan fingerprint density at radius 3 is 1.53 bits per heavy atom. The maximum Gasteiger partial charge on any atom is 0.339 e. The number of nitrogens with one attached hydrogen (secondary N) is 3. The van der Waals surface area contributed by atoms with Crippen molar-refractivity contribution < 1.29 is 45.0 Å². The number of hydrogen-bond donors (Lipinski definition) is 9. The van der Waals surface area contributed by atoms with Gasteiger partial charge in [-0.25, -0.2) is 14.4 Å². The number of benzene rings is 6. The first-order valence-electron chi connectivity index (χ1n) is 20.5. The largest absolute Gasteiger partial charge is 0.507 e. The summed E-state index contributed by atoms with van der Waals surface area (Å²) < 4.78 is 0. The molecule has 6 aromatic carbocycles. The van der Waals surface area contributed by atoms with Gasteiger partial charge in [0.05, 0.1) is 5.69 Å². The van der Waals surface area contributed by atoms with Crippen molar-refractivity contribution in [3.05, 3.63) is 177 Å². The van der Waals surface area contributed by atoms with Crippen molar-refractivity contribution in [2.45, 2.75) is 70.5 Å². The summed E-state index contributed by atoms with van der Waals surface area (Å²) in [6.07, 6.45) is 2.70. The molecule has 3 unspecified atom stereocenters. The number of phenols is 3. The molecule has 9 N–H and O–H groups in total. The Kier molecular flexibility index (Phi) is 14.4. The van der Waals surface area contributed by atoms with Gasteiger partial charge in [-0.3, -0.25) is 0 Å². The number of para-hydroxylation sites is 1. The van der Waals surface area contributed by atoms with Crippen LogP contribution in [0.1, 0.15) is 115 Å². The minimum Gasteiger partial charge on any atom is -0.507 e. The lowest BCUT2D eigenvalue weighted by atomic mass is 9.78. The summed E-state index contributed by atoms with van der Waals surface area (Å²) in [5, 5.41) is 68.1. The van der Waals surface area contributed by atoms with Crippen LogP contribution in [0.2, 0.25) is 0 Å². The molecule has 0 fully saturated rings. The fraction of sp³-hybridized carbons (Fsp3) is 0.220. The van der Waals surface area contributed by atoms with Crippen molar-refractivity contribution in [3.63, 3.8) is 0 Å². The van der Waals surface area contributed by atoms with Crippen molar-refractivity contribution in [1.82, 2.24) is 0 Å². The van der Waals surface area contributed by atoms with E-state index in [2.05, 4.69) is 103 Å². The average molecular weight is 838 g/mol. The van der Waals surface area contributed by atoms with Gasteiger partial charge in [-0.15, -0.1) is 0 Å². The predicted molar refractivity (Wildman–Crippen MR) is 240 cm³/mol. The van der Waals surface area contributed by atoms with Gasteiger partial charge >= 0.3 is 17.9 Å². The van der Waals surface area contributed by atoms with Crippen LogP contribution in [-0.2, 0) is 19.6 Å². The minimum atomic E-state index is -1.20. The Balaban J connectivity index is 1.16. The van der Waals surface area contributed by atoms with Gasteiger partial charge in [-0.1, -0.05) is 92.7 Å². The van der Waals surface area contributed by atoms with Gasteiger partial charge in [-0.2, -0.15) is 0 Å². The monoisotopic (exact) mass is 837 g/mol. The fourth-order valence-corrected chi connectivity index (χ4v) is 7.70. The molecule has 3 atom stereocenters. The fourth-order valence-electron chi connectivity index (χ4n) is 7.70. The number of hydrogen-bond acceptors (Lipinski definition) is 9. The molecule has 0 radical (unpaired) electrons. The standard InChI is InChI=1S/C50H51N3O9/c1-3-34(36-15-9-33(10-16-36)29-53-44-6-4-5-42(47(44)56)49(59)60)24-38(37-17-11-32(12-18-37)28-52-40-19-21-41(48(57)58)46(55)26-40)23-30(2)35-13-7-31(8-14-35)27-51-39-20-22-45(54)43(25-39)50(61)62/h4-22,25-26,30,34,38,51-56H,3,23-24,27-29H2,1-2H3,(H,57,58)(H,59,60)(H,61,62). The molecular weight excluding hydrogens is 787 g/mol. The normalized spacial score (nSPS) is 12.5. The Labute approximate surface area is 360 Å². The van der Waals surface area contributed by atoms with Crippen LogP contribution < -0.4 is 16.0 Å². The quantitative estimate of drug-likeness (QED) is 0.0260. The highest BCUT2D eigenvalue weighted by Crippen LogP contribution is 2.39. The molecule has 320 valence electrons. The molecule has 12 nitrogen and oxygen atoms in total. The van der Waals surface area contributed by atoms with Crippen molar-refractivity contribution in [3.8, 4) is 17.2 Å². The van der Waals surface area contributed by atoms with Crippen LogP contribution >= 0.6 is 0 Å². The molecule has 0 saturated heterocycles. The third kappa shape index (κ3) is 11.2. The second kappa shape index (κ2) is 20.2. The van der Waals surface area contributed by atoms with Gasteiger partial charge in [0.1, 0.15) is 28.2 Å². The first kappa shape index (κ1) is 44.1. The topological polar surface area (TPSA) is 209 Å². The number of carbonyl (C=O) groups is 3. The van der Waals surface area contributed by atoms with Gasteiger partial charge < -0.3 is 46.6 Å². The molecule has 0 saturated carbocycles. The summed E-state index contributed by atoms with van der Waals surface area (Å²) in [7, 11) is 0. The number of aromatic carboxylic acids is 3. The second-order valence-corrected chi connectivity index (χ2v) is 15.5. The van der Waals surface area contributed by atoms with Crippen LogP contribution in [0.3, 0.4) is 0 Å². The van der Waals surface area contributed by atoms with E-state index in [0.29, 0.717) is 36.7 Å². The molecule has 0 spiro atoms. The summed E-state index contributed by atoms with van der Waals surface area (Å²) in [5.74, 6) is -3.80. The summed E-state index contributed by atoms with van der Waals surface area (Å²) in [6.45, 7) is 5.79. The average Bonchev–Trinajstić information content (AvgIpc) is 3.26. The summed E-state index contributed by atoms with van der Waals surface area (Å²) in [5.41, 5.74) is 7.72. The zero-order valence-electron chi connectivity index (χ0n) is 34.5. The lowest BCUT2D eigenvalue weighted by Gasteiger charge is -2.27. The lowest BCUT2D eigenvalue weighted by molar-refractivity contribution is 0.0682. The van der Waals surface area contributed by atoms with E-state index in [4.69, 9.17) is 0 Å². The predicted octanol–water partition coefficient (Wildman–Crippen LogP) is 10.6. The van der Waals surface area contributed by atoms with Crippen molar-refractivity contribution in [1.29, 1.82) is 0 Å². The Morgan fingerprint density at radius 1 is 0.500 bits per heavy atom. The van der Waals surface area contributed by atoms with Gasteiger partial charge in [0.2, 0.25) is 0 Å². The summed E-state index contributed by atoms with van der Waals surface area (Å²) in [6, 6.07) is 38.7. The minimum absolute atomic E-state index is 0.156. The molecule has 6 aromatic rings. The zero-order chi connectivity index (χ0) is 44.3. The van der Waals surface area contributed by atoms with E-state index in [0.717, 1.165) is 36.0 Å². The maximum absolute atomic E-state index is 11.5. The van der Waals surface area contributed by atoms with Gasteiger partial charge in [0, 0.05) is 37.1 Å². The molecule has 0 aromatic heterocycles. The Bertz CT molecular complexity index is 2500. The third-order valence-electron chi connectivity index (χ3n) is 11.3. The zero-order valence-corrected chi connectivity index (χ0v) is 34.5. The second-order valence-electron chi connectivity index (χ2n) is 15.5. The van der Waals surface area contributed by atoms with Gasteiger partial charge in [0.15, 0.2) is 5.75 Å². The van der Waals surface area contributed by atoms with Crippen LogP contribution in [-0.4, -0.2) is 48.5 Å². The van der Waals surface area contributed by atoms with E-state index < -0.39 is 17.9 Å². The van der Waals surface area contributed by atoms with Crippen molar-refractivity contribution >= 4 is 35.0 Å². The molecule has 0 amide bonds. The third-order valence-corrected chi connectivity index (χ3v) is 11.3. The molecule has 0 aliphatic heterocycles. The van der Waals surface area contributed by atoms with E-state index in [9.17, 15) is 45.0 Å². The molecule has 0 bridgehead atoms. The highest BCUT2D eigenvalue weighted by molar-refractivity contribution is 5.93. The number of carboxylic acid groups (broad SMARTS) is 3. The number of anilines is 3. The van der Waals surface area contributed by atoms with Crippen LogP contribution in [0.15, 0.2) is 127 Å². The Hall–Kier alpha value is -7.47. The molecule has 6 rings (SSSR count). The van der Waals surface area contributed by atoms with Crippen molar-refractivity contribution in [2.24, 2.45) is 0 Å².